The summed E-state index contributed by atoms with van der Waals surface area (Å²) in [4.78, 5) is 17.6. The standard InChI is InChI=1S/C19H21N3OS2/c1-3-14-6-9-16-17(12-14)25-19(20-16)22-21-18(23)10-11-24-15-7-4-13(2)5-8-15/h4-9,12H,3,10-11H2,1-2H3,(H,20,22)(H,21,23). The van der Waals surface area contributed by atoms with Gasteiger partial charge in [-0.15, -0.1) is 11.8 Å². The van der Waals surface area contributed by atoms with E-state index in [0.29, 0.717) is 11.6 Å². The maximum Gasteiger partial charge on any atom is 0.239 e. The molecule has 1 amide bonds. The molecule has 0 radical (unpaired) electrons. The van der Waals surface area contributed by atoms with Gasteiger partial charge in [0.2, 0.25) is 11.0 Å². The van der Waals surface area contributed by atoms with Crippen LogP contribution in [0.5, 0.6) is 0 Å². The average Bonchev–Trinajstić information content (AvgIpc) is 3.03. The van der Waals surface area contributed by atoms with E-state index in [9.17, 15) is 4.79 Å². The molecule has 0 aliphatic rings. The van der Waals surface area contributed by atoms with Gasteiger partial charge in [-0.25, -0.2) is 4.98 Å². The van der Waals surface area contributed by atoms with E-state index in [1.54, 1.807) is 23.1 Å². The first-order valence-corrected chi connectivity index (χ1v) is 10.1. The molecule has 0 aliphatic carbocycles. The highest BCUT2D eigenvalue weighted by Gasteiger charge is 2.06. The van der Waals surface area contributed by atoms with E-state index in [-0.39, 0.29) is 5.91 Å². The molecule has 0 aliphatic heterocycles. The Morgan fingerprint density at radius 2 is 2.00 bits per heavy atom. The van der Waals surface area contributed by atoms with Crippen LogP contribution in [0.15, 0.2) is 47.4 Å². The fraction of sp³-hybridized carbons (Fsp3) is 0.263. The Kier molecular flexibility index (Phi) is 5.94. The maximum atomic E-state index is 12.0. The number of thioether (sulfide) groups is 1. The lowest BCUT2D eigenvalue weighted by molar-refractivity contribution is -0.120. The highest BCUT2D eigenvalue weighted by Crippen LogP contribution is 2.26. The van der Waals surface area contributed by atoms with Gasteiger partial charge in [-0.3, -0.25) is 15.6 Å². The van der Waals surface area contributed by atoms with Crippen molar-refractivity contribution in [3.05, 3.63) is 53.6 Å². The van der Waals surface area contributed by atoms with Crippen LogP contribution < -0.4 is 10.9 Å². The van der Waals surface area contributed by atoms with Crippen LogP contribution >= 0.6 is 23.1 Å². The monoisotopic (exact) mass is 371 g/mol. The number of aryl methyl sites for hydroxylation is 2. The molecule has 3 aromatic rings. The molecule has 0 bridgehead atoms. The van der Waals surface area contributed by atoms with Gasteiger partial charge in [-0.05, 0) is 43.2 Å². The molecular formula is C19H21N3OS2. The van der Waals surface area contributed by atoms with Gasteiger partial charge < -0.3 is 0 Å². The third-order valence-corrected chi connectivity index (χ3v) is 5.74. The summed E-state index contributed by atoms with van der Waals surface area (Å²) in [7, 11) is 0. The van der Waals surface area contributed by atoms with Crippen molar-refractivity contribution >= 4 is 44.4 Å². The molecule has 1 aromatic heterocycles. The predicted molar refractivity (Wildman–Crippen MR) is 107 cm³/mol. The minimum atomic E-state index is -0.0342. The molecule has 0 saturated carbocycles. The number of aromatic nitrogens is 1. The van der Waals surface area contributed by atoms with Gasteiger partial charge in [0.25, 0.3) is 0 Å². The minimum Gasteiger partial charge on any atom is -0.273 e. The number of fused-ring (bicyclic) bond motifs is 1. The van der Waals surface area contributed by atoms with Crippen LogP contribution in [-0.2, 0) is 11.2 Å². The van der Waals surface area contributed by atoms with Crippen LogP contribution in [0.3, 0.4) is 0 Å². The van der Waals surface area contributed by atoms with Crippen molar-refractivity contribution in [1.82, 2.24) is 10.4 Å². The van der Waals surface area contributed by atoms with Gasteiger partial charge >= 0.3 is 0 Å². The Bertz CT molecular complexity index is 859. The zero-order chi connectivity index (χ0) is 17.6. The third kappa shape index (κ3) is 4.96. The number of benzene rings is 2. The molecule has 2 N–H and O–H groups in total. The molecule has 1 heterocycles. The largest absolute Gasteiger partial charge is 0.273 e. The molecule has 25 heavy (non-hydrogen) atoms. The van der Waals surface area contributed by atoms with E-state index in [0.717, 1.165) is 22.4 Å². The normalized spacial score (nSPS) is 10.8. The number of nitrogens with zero attached hydrogens (tertiary/aromatic N) is 1. The first kappa shape index (κ1) is 17.8. The Labute approximate surface area is 156 Å². The summed E-state index contributed by atoms with van der Waals surface area (Å²) in [5.41, 5.74) is 9.14. The van der Waals surface area contributed by atoms with Crippen LogP contribution in [0.2, 0.25) is 0 Å². The fourth-order valence-electron chi connectivity index (χ4n) is 2.32. The molecule has 0 saturated heterocycles. The zero-order valence-electron chi connectivity index (χ0n) is 14.3. The van der Waals surface area contributed by atoms with Crippen molar-refractivity contribution in [2.75, 3.05) is 11.2 Å². The Morgan fingerprint density at radius 3 is 2.76 bits per heavy atom. The highest BCUT2D eigenvalue weighted by atomic mass is 32.2. The van der Waals surface area contributed by atoms with Gasteiger partial charge in [0.15, 0.2) is 0 Å². The number of carbonyl (C=O) groups excluding carboxylic acids is 1. The van der Waals surface area contributed by atoms with Crippen molar-refractivity contribution in [3.63, 3.8) is 0 Å². The number of rotatable bonds is 7. The average molecular weight is 372 g/mol. The second-order valence-electron chi connectivity index (χ2n) is 5.76. The van der Waals surface area contributed by atoms with Gasteiger partial charge in [-0.2, -0.15) is 0 Å². The third-order valence-electron chi connectivity index (χ3n) is 3.79. The van der Waals surface area contributed by atoms with Gasteiger partial charge in [0.05, 0.1) is 10.2 Å². The van der Waals surface area contributed by atoms with Crippen LogP contribution in [0.25, 0.3) is 10.2 Å². The van der Waals surface area contributed by atoms with Crippen molar-refractivity contribution < 1.29 is 4.79 Å². The Balaban J connectivity index is 1.46. The number of hydrogen-bond acceptors (Lipinski definition) is 5. The second-order valence-corrected chi connectivity index (χ2v) is 7.96. The molecule has 130 valence electrons. The van der Waals surface area contributed by atoms with Gasteiger partial charge in [0.1, 0.15) is 0 Å². The lowest BCUT2D eigenvalue weighted by Crippen LogP contribution is -2.29. The molecule has 0 unspecified atom stereocenters. The van der Waals surface area contributed by atoms with E-state index < -0.39 is 0 Å². The first-order chi connectivity index (χ1) is 12.1. The van der Waals surface area contributed by atoms with Crippen LogP contribution in [-0.4, -0.2) is 16.6 Å². The molecule has 3 rings (SSSR count). The number of hydrazine groups is 1. The number of anilines is 1. The second kappa shape index (κ2) is 8.36. The van der Waals surface area contributed by atoms with Crippen molar-refractivity contribution in [2.24, 2.45) is 0 Å². The van der Waals surface area contributed by atoms with Crippen LogP contribution in [0.1, 0.15) is 24.5 Å². The molecule has 4 nitrogen and oxygen atoms in total. The topological polar surface area (TPSA) is 54.0 Å². The van der Waals surface area contributed by atoms with Gasteiger partial charge in [0, 0.05) is 17.1 Å². The van der Waals surface area contributed by atoms with E-state index in [2.05, 4.69) is 66.1 Å². The fourth-order valence-corrected chi connectivity index (χ4v) is 4.06. The minimum absolute atomic E-state index is 0.0342. The summed E-state index contributed by atoms with van der Waals surface area (Å²) >= 11 is 3.23. The van der Waals surface area contributed by atoms with E-state index in [4.69, 9.17) is 0 Å². The van der Waals surface area contributed by atoms with Crippen LogP contribution in [0, 0.1) is 6.92 Å². The molecule has 0 fully saturated rings. The van der Waals surface area contributed by atoms with E-state index >= 15 is 0 Å². The number of nitrogens with one attached hydrogen (secondary N) is 2. The summed E-state index contributed by atoms with van der Waals surface area (Å²) in [6, 6.07) is 14.6. The predicted octanol–water partition coefficient (Wildman–Crippen LogP) is 4.79. The molecule has 6 heteroatoms. The molecular weight excluding hydrogens is 350 g/mol. The van der Waals surface area contributed by atoms with Crippen molar-refractivity contribution in [1.29, 1.82) is 0 Å². The first-order valence-electron chi connectivity index (χ1n) is 8.28. The zero-order valence-corrected chi connectivity index (χ0v) is 16.0. The van der Waals surface area contributed by atoms with Crippen molar-refractivity contribution in [2.45, 2.75) is 31.6 Å². The number of hydrogen-bond donors (Lipinski definition) is 2. The number of amides is 1. The van der Waals surface area contributed by atoms with Crippen LogP contribution in [0.4, 0.5) is 5.13 Å². The van der Waals surface area contributed by atoms with Crippen molar-refractivity contribution in [3.8, 4) is 0 Å². The lowest BCUT2D eigenvalue weighted by Gasteiger charge is -2.05. The molecule has 0 spiro atoms. The van der Waals surface area contributed by atoms with E-state index in [1.165, 1.54) is 16.0 Å². The number of thiazole rings is 1. The summed E-state index contributed by atoms with van der Waals surface area (Å²) in [5, 5.41) is 0.711. The summed E-state index contributed by atoms with van der Waals surface area (Å²) < 4.78 is 1.13. The maximum absolute atomic E-state index is 12.0. The van der Waals surface area contributed by atoms with E-state index in [1.807, 2.05) is 6.07 Å². The number of carbonyl (C=O) groups is 1. The summed E-state index contributed by atoms with van der Waals surface area (Å²) in [5.74, 6) is 0.712. The summed E-state index contributed by atoms with van der Waals surface area (Å²) in [6.07, 6.45) is 1.46. The SMILES string of the molecule is CCc1ccc2nc(NNC(=O)CCSc3ccc(C)cc3)sc2c1. The lowest BCUT2D eigenvalue weighted by atomic mass is 10.2. The molecule has 2 aromatic carbocycles. The smallest absolute Gasteiger partial charge is 0.239 e. The quantitative estimate of drug-likeness (QED) is 0.463. The Hall–Kier alpha value is -2.05. The Morgan fingerprint density at radius 1 is 1.20 bits per heavy atom. The highest BCUT2D eigenvalue weighted by molar-refractivity contribution is 7.99. The summed E-state index contributed by atoms with van der Waals surface area (Å²) in [6.45, 7) is 4.20. The molecule has 0 atom stereocenters. The van der Waals surface area contributed by atoms with Gasteiger partial charge in [-0.1, -0.05) is 42.0 Å².